The molecule has 1 fully saturated rings. The van der Waals surface area contributed by atoms with E-state index in [1.54, 1.807) is 16.4 Å². The van der Waals surface area contributed by atoms with Gasteiger partial charge in [-0.1, -0.05) is 0 Å². The van der Waals surface area contributed by atoms with Gasteiger partial charge in [-0.15, -0.1) is 0 Å². The van der Waals surface area contributed by atoms with Gasteiger partial charge >= 0.3 is 5.97 Å². The summed E-state index contributed by atoms with van der Waals surface area (Å²) in [6, 6.07) is 0. The molecule has 0 N–H and O–H groups in total. The van der Waals surface area contributed by atoms with Crippen LogP contribution in [0.15, 0.2) is 6.20 Å². The first-order valence-electron chi connectivity index (χ1n) is 6.09. The van der Waals surface area contributed by atoms with Gasteiger partial charge in [-0.2, -0.15) is 0 Å². The Morgan fingerprint density at radius 2 is 2.11 bits per heavy atom. The smallest absolute Gasteiger partial charge is 0.356 e. The van der Waals surface area contributed by atoms with Crippen molar-refractivity contribution < 1.29 is 19.1 Å². The summed E-state index contributed by atoms with van der Waals surface area (Å²) in [4.78, 5) is 29.5. The number of nitrogens with zero attached hydrogens (tertiary/aromatic N) is 3. The zero-order chi connectivity index (χ0) is 13.8. The number of esters is 1. The molecule has 0 bridgehead atoms. The van der Waals surface area contributed by atoms with E-state index in [-0.39, 0.29) is 12.5 Å². The molecule has 1 aliphatic heterocycles. The van der Waals surface area contributed by atoms with Crippen LogP contribution in [0.1, 0.15) is 16.3 Å². The SMILES string of the molecule is COC(=O)c1cnc(C)n1CC(=O)N1CCOCC1. The molecule has 0 spiro atoms. The van der Waals surface area contributed by atoms with E-state index < -0.39 is 5.97 Å². The lowest BCUT2D eigenvalue weighted by Crippen LogP contribution is -2.42. The van der Waals surface area contributed by atoms with Crippen molar-refractivity contribution in [3.63, 3.8) is 0 Å². The van der Waals surface area contributed by atoms with Gasteiger partial charge < -0.3 is 18.9 Å². The molecule has 1 aromatic rings. The second-order valence-electron chi connectivity index (χ2n) is 4.26. The van der Waals surface area contributed by atoms with Crippen molar-refractivity contribution in [3.8, 4) is 0 Å². The number of methoxy groups -OCH3 is 1. The fraction of sp³-hybridized carbons (Fsp3) is 0.583. The molecule has 0 aromatic carbocycles. The van der Waals surface area contributed by atoms with E-state index in [0.717, 1.165) is 0 Å². The van der Waals surface area contributed by atoms with Gasteiger partial charge in [-0.05, 0) is 6.92 Å². The summed E-state index contributed by atoms with van der Waals surface area (Å²) in [5.74, 6) is 0.0759. The number of carbonyl (C=O) groups is 2. The minimum absolute atomic E-state index is 0.0467. The molecular weight excluding hydrogens is 250 g/mol. The zero-order valence-corrected chi connectivity index (χ0v) is 11.1. The minimum Gasteiger partial charge on any atom is -0.464 e. The van der Waals surface area contributed by atoms with Crippen LogP contribution < -0.4 is 0 Å². The fourth-order valence-corrected chi connectivity index (χ4v) is 1.98. The number of carbonyl (C=O) groups excluding carboxylic acids is 2. The minimum atomic E-state index is -0.490. The number of rotatable bonds is 3. The topological polar surface area (TPSA) is 73.7 Å². The Balaban J connectivity index is 2.11. The standard InChI is InChI=1S/C12H17N3O4/c1-9-13-7-10(12(17)18-2)15(9)8-11(16)14-3-5-19-6-4-14/h7H,3-6,8H2,1-2H3. The zero-order valence-electron chi connectivity index (χ0n) is 11.1. The fourth-order valence-electron chi connectivity index (χ4n) is 1.98. The number of aromatic nitrogens is 2. The Bertz CT molecular complexity index is 477. The van der Waals surface area contributed by atoms with Crippen molar-refractivity contribution in [2.75, 3.05) is 33.4 Å². The molecule has 1 amide bonds. The molecule has 104 valence electrons. The van der Waals surface area contributed by atoms with Crippen LogP contribution in [-0.2, 0) is 20.8 Å². The van der Waals surface area contributed by atoms with E-state index in [0.29, 0.717) is 37.8 Å². The third kappa shape index (κ3) is 2.93. The second-order valence-corrected chi connectivity index (χ2v) is 4.26. The maximum atomic E-state index is 12.2. The van der Waals surface area contributed by atoms with E-state index in [2.05, 4.69) is 9.72 Å². The summed E-state index contributed by atoms with van der Waals surface area (Å²) in [5.41, 5.74) is 0.293. The van der Waals surface area contributed by atoms with E-state index in [4.69, 9.17) is 4.74 Å². The monoisotopic (exact) mass is 267 g/mol. The van der Waals surface area contributed by atoms with Crippen molar-refractivity contribution in [3.05, 3.63) is 17.7 Å². The van der Waals surface area contributed by atoms with Crippen molar-refractivity contribution in [1.82, 2.24) is 14.5 Å². The lowest BCUT2D eigenvalue weighted by atomic mass is 10.3. The van der Waals surface area contributed by atoms with Crippen molar-refractivity contribution in [2.45, 2.75) is 13.5 Å². The van der Waals surface area contributed by atoms with Crippen LogP contribution in [0.5, 0.6) is 0 Å². The number of morpholine rings is 1. The summed E-state index contributed by atoms with van der Waals surface area (Å²) < 4.78 is 11.4. The lowest BCUT2D eigenvalue weighted by Gasteiger charge is -2.27. The first kappa shape index (κ1) is 13.5. The highest BCUT2D eigenvalue weighted by molar-refractivity contribution is 5.88. The summed E-state index contributed by atoms with van der Waals surface area (Å²) in [6.45, 7) is 4.12. The van der Waals surface area contributed by atoms with Crippen LogP contribution in [0.2, 0.25) is 0 Å². The predicted octanol–water partition coefficient (Wildman–Crippen LogP) is -0.163. The molecule has 1 saturated heterocycles. The van der Waals surface area contributed by atoms with Gasteiger partial charge in [-0.25, -0.2) is 9.78 Å². The molecule has 0 unspecified atom stereocenters. The van der Waals surface area contributed by atoms with Gasteiger partial charge in [0.1, 0.15) is 18.1 Å². The normalized spacial score (nSPS) is 15.4. The Kier molecular flexibility index (Phi) is 4.16. The van der Waals surface area contributed by atoms with Gasteiger partial charge in [0, 0.05) is 13.1 Å². The molecule has 0 atom stereocenters. The van der Waals surface area contributed by atoms with E-state index in [1.165, 1.54) is 13.3 Å². The molecule has 1 aromatic heterocycles. The Morgan fingerprint density at radius 3 is 2.74 bits per heavy atom. The van der Waals surface area contributed by atoms with Crippen LogP contribution >= 0.6 is 0 Å². The maximum absolute atomic E-state index is 12.2. The third-order valence-corrected chi connectivity index (χ3v) is 3.11. The molecule has 19 heavy (non-hydrogen) atoms. The van der Waals surface area contributed by atoms with Gasteiger partial charge in [0.2, 0.25) is 5.91 Å². The Labute approximate surface area is 111 Å². The van der Waals surface area contributed by atoms with E-state index in [1.807, 2.05) is 0 Å². The van der Waals surface area contributed by atoms with Gasteiger partial charge in [0.25, 0.3) is 0 Å². The molecule has 1 aliphatic rings. The van der Waals surface area contributed by atoms with Crippen LogP contribution in [0.3, 0.4) is 0 Å². The Hall–Kier alpha value is -1.89. The molecule has 2 rings (SSSR count). The molecule has 7 nitrogen and oxygen atoms in total. The highest BCUT2D eigenvalue weighted by atomic mass is 16.5. The molecule has 0 aliphatic carbocycles. The van der Waals surface area contributed by atoms with Crippen LogP contribution in [0.25, 0.3) is 0 Å². The molecule has 7 heteroatoms. The first-order chi connectivity index (χ1) is 9.13. The average Bonchev–Trinajstić information content (AvgIpc) is 2.80. The largest absolute Gasteiger partial charge is 0.464 e. The van der Waals surface area contributed by atoms with Crippen LogP contribution in [0, 0.1) is 6.92 Å². The number of hydrogen-bond acceptors (Lipinski definition) is 5. The van der Waals surface area contributed by atoms with Gasteiger partial charge in [0.05, 0.1) is 26.5 Å². The van der Waals surface area contributed by atoms with E-state index >= 15 is 0 Å². The molecule has 2 heterocycles. The highest BCUT2D eigenvalue weighted by Gasteiger charge is 2.21. The molecule has 0 radical (unpaired) electrons. The third-order valence-electron chi connectivity index (χ3n) is 3.11. The number of ether oxygens (including phenoxy) is 2. The summed E-state index contributed by atoms with van der Waals surface area (Å²) >= 11 is 0. The van der Waals surface area contributed by atoms with Crippen LogP contribution in [0.4, 0.5) is 0 Å². The number of hydrogen-bond donors (Lipinski definition) is 0. The average molecular weight is 267 g/mol. The first-order valence-corrected chi connectivity index (χ1v) is 6.09. The lowest BCUT2D eigenvalue weighted by molar-refractivity contribution is -0.135. The quantitative estimate of drug-likeness (QED) is 0.711. The number of amides is 1. The van der Waals surface area contributed by atoms with Gasteiger partial charge in [-0.3, -0.25) is 4.79 Å². The van der Waals surface area contributed by atoms with Crippen molar-refractivity contribution >= 4 is 11.9 Å². The predicted molar refractivity (Wildman–Crippen MR) is 65.7 cm³/mol. The summed E-state index contributed by atoms with van der Waals surface area (Å²) in [5, 5.41) is 0. The van der Waals surface area contributed by atoms with E-state index in [9.17, 15) is 9.59 Å². The van der Waals surface area contributed by atoms with Crippen LogP contribution in [-0.4, -0.2) is 59.7 Å². The Morgan fingerprint density at radius 1 is 1.42 bits per heavy atom. The molecular formula is C12H17N3O4. The van der Waals surface area contributed by atoms with Crippen molar-refractivity contribution in [2.24, 2.45) is 0 Å². The summed E-state index contributed by atoms with van der Waals surface area (Å²) in [6.07, 6.45) is 1.42. The highest BCUT2D eigenvalue weighted by Crippen LogP contribution is 2.08. The number of imidazole rings is 1. The maximum Gasteiger partial charge on any atom is 0.356 e. The second kappa shape index (κ2) is 5.83. The molecule has 0 saturated carbocycles. The summed E-state index contributed by atoms with van der Waals surface area (Å²) in [7, 11) is 1.30. The number of aryl methyl sites for hydroxylation is 1. The van der Waals surface area contributed by atoms with Crippen molar-refractivity contribution in [1.29, 1.82) is 0 Å². The van der Waals surface area contributed by atoms with Gasteiger partial charge in [0.15, 0.2) is 0 Å².